The first-order valence-electron chi connectivity index (χ1n) is 9.13. The number of ketones is 1. The molecule has 8 nitrogen and oxygen atoms in total. The van der Waals surface area contributed by atoms with Gasteiger partial charge in [-0.25, -0.2) is 9.78 Å². The molecule has 0 saturated heterocycles. The van der Waals surface area contributed by atoms with Crippen LogP contribution in [0.25, 0.3) is 10.9 Å². The highest BCUT2D eigenvalue weighted by atomic mass is 16.5. The molecule has 0 unspecified atom stereocenters. The minimum atomic E-state index is -0.503. The largest absolute Gasteiger partial charge is 0.465 e. The number of aryl methyl sites for hydroxylation is 1. The Kier molecular flexibility index (Phi) is 5.93. The van der Waals surface area contributed by atoms with Gasteiger partial charge in [-0.15, -0.1) is 0 Å². The molecule has 0 aliphatic rings. The van der Waals surface area contributed by atoms with Crippen molar-refractivity contribution in [2.24, 2.45) is 0 Å². The second-order valence-electron chi connectivity index (χ2n) is 6.75. The van der Waals surface area contributed by atoms with Gasteiger partial charge in [-0.3, -0.25) is 14.2 Å². The zero-order valence-electron chi connectivity index (χ0n) is 16.9. The smallest absolute Gasteiger partial charge is 0.337 e. The van der Waals surface area contributed by atoms with Crippen molar-refractivity contribution < 1.29 is 19.1 Å². The van der Waals surface area contributed by atoms with Gasteiger partial charge in [0.2, 0.25) is 0 Å². The number of benzene rings is 1. The molecule has 2 heterocycles. The topological polar surface area (TPSA) is 92.4 Å². The SMILES string of the molecule is COCCn1c(C)cc(C(=O)Cn2cnc3cc(C(=O)OC)ccc3c2=O)c1C. The monoisotopic (exact) mass is 397 g/mol. The Bertz CT molecular complexity index is 1140. The van der Waals surface area contributed by atoms with Crippen molar-refractivity contribution in [3.63, 3.8) is 0 Å². The number of esters is 1. The second kappa shape index (κ2) is 8.40. The van der Waals surface area contributed by atoms with Crippen molar-refractivity contribution in [3.8, 4) is 0 Å². The summed E-state index contributed by atoms with van der Waals surface area (Å²) in [6, 6.07) is 6.36. The van der Waals surface area contributed by atoms with Crippen molar-refractivity contribution >= 4 is 22.7 Å². The Labute approximate surface area is 167 Å². The first-order valence-corrected chi connectivity index (χ1v) is 9.13. The number of carbonyl (C=O) groups excluding carboxylic acids is 2. The molecule has 0 amide bonds. The summed E-state index contributed by atoms with van der Waals surface area (Å²) in [7, 11) is 2.92. The van der Waals surface area contributed by atoms with Gasteiger partial charge in [0.1, 0.15) is 0 Å². The summed E-state index contributed by atoms with van der Waals surface area (Å²) in [5, 5.41) is 0.332. The van der Waals surface area contributed by atoms with Gasteiger partial charge in [0.25, 0.3) is 5.56 Å². The van der Waals surface area contributed by atoms with Crippen molar-refractivity contribution in [2.75, 3.05) is 20.8 Å². The Hall–Kier alpha value is -3.26. The van der Waals surface area contributed by atoms with Crippen molar-refractivity contribution in [1.82, 2.24) is 14.1 Å². The van der Waals surface area contributed by atoms with Crippen LogP contribution < -0.4 is 5.56 Å². The van der Waals surface area contributed by atoms with Gasteiger partial charge in [0.15, 0.2) is 5.78 Å². The zero-order chi connectivity index (χ0) is 21.1. The average molecular weight is 397 g/mol. The third kappa shape index (κ3) is 3.97. The molecule has 1 aromatic carbocycles. The minimum absolute atomic E-state index is 0.116. The van der Waals surface area contributed by atoms with E-state index in [-0.39, 0.29) is 17.9 Å². The Balaban J connectivity index is 1.90. The minimum Gasteiger partial charge on any atom is -0.465 e. The van der Waals surface area contributed by atoms with Gasteiger partial charge < -0.3 is 14.0 Å². The van der Waals surface area contributed by atoms with Gasteiger partial charge in [0.05, 0.1) is 43.1 Å². The lowest BCUT2D eigenvalue weighted by Crippen LogP contribution is -2.25. The lowest BCUT2D eigenvalue weighted by Gasteiger charge is -2.09. The summed E-state index contributed by atoms with van der Waals surface area (Å²) in [6.07, 6.45) is 1.33. The van der Waals surface area contributed by atoms with Crippen LogP contribution in [0.4, 0.5) is 0 Å². The first-order chi connectivity index (χ1) is 13.9. The molecule has 0 radical (unpaired) electrons. The molecule has 0 atom stereocenters. The molecule has 0 saturated carbocycles. The first kappa shape index (κ1) is 20.5. The van der Waals surface area contributed by atoms with E-state index < -0.39 is 5.97 Å². The lowest BCUT2D eigenvalue weighted by molar-refractivity contribution is 0.0600. The molecule has 0 spiro atoms. The highest BCUT2D eigenvalue weighted by molar-refractivity contribution is 5.97. The van der Waals surface area contributed by atoms with Gasteiger partial charge >= 0.3 is 5.97 Å². The summed E-state index contributed by atoms with van der Waals surface area (Å²) in [5.41, 5.74) is 2.72. The summed E-state index contributed by atoms with van der Waals surface area (Å²) in [6.45, 7) is 4.90. The average Bonchev–Trinajstić information content (AvgIpc) is 3.01. The Morgan fingerprint density at radius 1 is 1.14 bits per heavy atom. The molecule has 0 bridgehead atoms. The van der Waals surface area contributed by atoms with Crippen LogP contribution in [0.5, 0.6) is 0 Å². The molecule has 0 aliphatic carbocycles. The van der Waals surface area contributed by atoms with Crippen molar-refractivity contribution in [3.05, 3.63) is 63.5 Å². The summed E-state index contributed by atoms with van der Waals surface area (Å²) < 4.78 is 13.1. The second-order valence-corrected chi connectivity index (χ2v) is 6.75. The third-order valence-corrected chi connectivity index (χ3v) is 4.95. The number of methoxy groups -OCH3 is 2. The van der Waals surface area contributed by atoms with Crippen LogP contribution in [-0.2, 0) is 22.6 Å². The maximum atomic E-state index is 12.9. The van der Waals surface area contributed by atoms with E-state index in [1.165, 1.54) is 36.2 Å². The van der Waals surface area contributed by atoms with Crippen LogP contribution in [0, 0.1) is 13.8 Å². The Morgan fingerprint density at radius 2 is 1.90 bits per heavy atom. The van der Waals surface area contributed by atoms with Crippen LogP contribution >= 0.6 is 0 Å². The summed E-state index contributed by atoms with van der Waals surface area (Å²) in [4.78, 5) is 41.5. The number of rotatable bonds is 7. The highest BCUT2D eigenvalue weighted by Gasteiger charge is 2.17. The van der Waals surface area contributed by atoms with Crippen LogP contribution in [0.1, 0.15) is 32.1 Å². The normalized spacial score (nSPS) is 11.0. The van der Waals surface area contributed by atoms with E-state index in [1.54, 1.807) is 7.11 Å². The van der Waals surface area contributed by atoms with Gasteiger partial charge in [-0.2, -0.15) is 0 Å². The van der Waals surface area contributed by atoms with E-state index in [2.05, 4.69) is 9.72 Å². The molecule has 0 aliphatic heterocycles. The molecular formula is C21H23N3O5. The number of carbonyl (C=O) groups is 2. The molecule has 8 heteroatoms. The van der Waals surface area contributed by atoms with Crippen LogP contribution in [-0.4, -0.2) is 46.7 Å². The van der Waals surface area contributed by atoms with E-state index in [9.17, 15) is 14.4 Å². The lowest BCUT2D eigenvalue weighted by atomic mass is 10.1. The van der Waals surface area contributed by atoms with E-state index in [1.807, 2.05) is 24.5 Å². The number of Topliss-reactive ketones (excluding diaryl/α,β-unsaturated/α-hetero) is 1. The fourth-order valence-electron chi connectivity index (χ4n) is 3.37. The summed E-state index contributed by atoms with van der Waals surface area (Å²) >= 11 is 0. The zero-order valence-corrected chi connectivity index (χ0v) is 16.9. The molecule has 0 fully saturated rings. The number of aromatic nitrogens is 3. The van der Waals surface area contributed by atoms with Crippen LogP contribution in [0.15, 0.2) is 35.4 Å². The van der Waals surface area contributed by atoms with E-state index in [0.29, 0.717) is 35.2 Å². The molecular weight excluding hydrogens is 374 g/mol. The number of hydrogen-bond donors (Lipinski definition) is 0. The molecule has 2 aromatic heterocycles. The van der Waals surface area contributed by atoms with Crippen LogP contribution in [0.2, 0.25) is 0 Å². The van der Waals surface area contributed by atoms with Gasteiger partial charge in [0, 0.05) is 30.6 Å². The highest BCUT2D eigenvalue weighted by Crippen LogP contribution is 2.17. The maximum absolute atomic E-state index is 12.9. The predicted octanol–water partition coefficient (Wildman–Crippen LogP) is 2.13. The number of fused-ring (bicyclic) bond motifs is 1. The van der Waals surface area contributed by atoms with E-state index in [4.69, 9.17) is 4.74 Å². The quantitative estimate of drug-likeness (QED) is 0.448. The Morgan fingerprint density at radius 3 is 2.59 bits per heavy atom. The predicted molar refractivity (Wildman–Crippen MR) is 107 cm³/mol. The molecule has 152 valence electrons. The fourth-order valence-corrected chi connectivity index (χ4v) is 3.37. The molecule has 3 aromatic rings. The fraction of sp³-hybridized carbons (Fsp3) is 0.333. The number of nitrogens with zero attached hydrogens (tertiary/aromatic N) is 3. The number of hydrogen-bond acceptors (Lipinski definition) is 6. The van der Waals surface area contributed by atoms with E-state index >= 15 is 0 Å². The maximum Gasteiger partial charge on any atom is 0.337 e. The van der Waals surface area contributed by atoms with Crippen molar-refractivity contribution in [2.45, 2.75) is 26.9 Å². The standard InChI is InChI=1S/C21H23N3O5/c1-13-9-17(14(2)24(13)7-8-28-3)19(25)11-23-12-22-18-10-15(21(27)29-4)5-6-16(18)20(23)26/h5-6,9-10,12H,7-8,11H2,1-4H3. The third-order valence-electron chi connectivity index (χ3n) is 4.95. The van der Waals surface area contributed by atoms with Gasteiger partial charge in [-0.05, 0) is 38.1 Å². The van der Waals surface area contributed by atoms with E-state index in [0.717, 1.165) is 11.4 Å². The van der Waals surface area contributed by atoms with Crippen molar-refractivity contribution in [1.29, 1.82) is 0 Å². The molecule has 29 heavy (non-hydrogen) atoms. The molecule has 0 N–H and O–H groups in total. The van der Waals surface area contributed by atoms with Crippen LogP contribution in [0.3, 0.4) is 0 Å². The number of ether oxygens (including phenoxy) is 2. The van der Waals surface area contributed by atoms with Gasteiger partial charge in [-0.1, -0.05) is 0 Å². The molecule has 3 rings (SSSR count). The summed E-state index contributed by atoms with van der Waals surface area (Å²) in [5.74, 6) is -0.673.